The van der Waals surface area contributed by atoms with Crippen LogP contribution in [0.25, 0.3) is 0 Å². The quantitative estimate of drug-likeness (QED) is 0.482. The molecule has 1 heterocycles. The molecular weight excluding hydrogens is 376 g/mol. The van der Waals surface area contributed by atoms with E-state index in [0.29, 0.717) is 18.8 Å². The van der Waals surface area contributed by atoms with E-state index < -0.39 is 18.2 Å². The topological polar surface area (TPSA) is 66.8 Å². The number of esters is 1. The van der Waals surface area contributed by atoms with E-state index in [1.54, 1.807) is 12.2 Å². The number of aliphatic hydroxyl groups excluding tert-OH is 2. The van der Waals surface area contributed by atoms with Gasteiger partial charge in [0.25, 0.3) is 0 Å². The molecular formula is C26H38O4. The molecule has 0 saturated carbocycles. The van der Waals surface area contributed by atoms with Crippen molar-refractivity contribution >= 4 is 5.97 Å². The smallest absolute Gasteiger partial charge is 0.309 e. The van der Waals surface area contributed by atoms with E-state index in [2.05, 4.69) is 25.2 Å². The number of cyclic esters (lactones) is 1. The van der Waals surface area contributed by atoms with E-state index in [1.165, 1.54) is 0 Å². The molecule has 0 radical (unpaired) electrons. The molecule has 4 atom stereocenters. The predicted molar refractivity (Wildman–Crippen MR) is 124 cm³/mol. The number of allylic oxidation sites excluding steroid dienone is 7. The second kappa shape index (κ2) is 14.8. The van der Waals surface area contributed by atoms with Gasteiger partial charge in [-0.2, -0.15) is 0 Å². The fourth-order valence-corrected chi connectivity index (χ4v) is 3.14. The van der Waals surface area contributed by atoms with Crippen LogP contribution in [-0.4, -0.2) is 34.5 Å². The Labute approximate surface area is 182 Å². The second-order valence-corrected chi connectivity index (χ2v) is 7.98. The number of ether oxygens (including phenoxy) is 1. The minimum Gasteiger partial charge on any atom is -0.458 e. The van der Waals surface area contributed by atoms with Crippen molar-refractivity contribution in [1.29, 1.82) is 0 Å². The molecule has 0 amide bonds. The molecule has 2 N–H and O–H groups in total. The molecule has 0 bridgehead atoms. The summed E-state index contributed by atoms with van der Waals surface area (Å²) in [5, 5.41) is 20.4. The van der Waals surface area contributed by atoms with Crippen LogP contribution in [0, 0.1) is 5.92 Å². The van der Waals surface area contributed by atoms with Crippen molar-refractivity contribution < 1.29 is 19.7 Å². The number of hydrogen-bond acceptors (Lipinski definition) is 4. The number of hydrogen-bond donors (Lipinski definition) is 2. The highest BCUT2D eigenvalue weighted by molar-refractivity contribution is 5.70. The normalized spacial score (nSPS) is 33.1. The van der Waals surface area contributed by atoms with Gasteiger partial charge < -0.3 is 14.9 Å². The lowest BCUT2D eigenvalue weighted by Gasteiger charge is -2.15. The van der Waals surface area contributed by atoms with E-state index >= 15 is 0 Å². The SMILES string of the molecule is C/C=C/C/C(C)=C\[C@H]1C/C=C/C=C/C[C@H](C)/C=C(\C)[C@@H](O)C/C=C/[C@@H](O)CC(=O)O1. The summed E-state index contributed by atoms with van der Waals surface area (Å²) in [5.41, 5.74) is 2.04. The van der Waals surface area contributed by atoms with Crippen molar-refractivity contribution in [3.05, 3.63) is 71.9 Å². The highest BCUT2D eigenvalue weighted by atomic mass is 16.5. The zero-order chi connectivity index (χ0) is 22.4. The van der Waals surface area contributed by atoms with Crippen LogP contribution in [0.1, 0.15) is 59.8 Å². The van der Waals surface area contributed by atoms with E-state index in [1.807, 2.05) is 51.2 Å². The average molecular weight is 415 g/mol. The zero-order valence-electron chi connectivity index (χ0n) is 18.8. The van der Waals surface area contributed by atoms with Crippen molar-refractivity contribution in [2.45, 2.75) is 78.1 Å². The number of carbonyl (C=O) groups is 1. The van der Waals surface area contributed by atoms with E-state index in [9.17, 15) is 15.0 Å². The Balaban J connectivity index is 2.97. The minimum atomic E-state index is -0.931. The molecule has 1 aliphatic heterocycles. The maximum Gasteiger partial charge on any atom is 0.309 e. The van der Waals surface area contributed by atoms with Gasteiger partial charge in [-0.05, 0) is 57.6 Å². The Kier molecular flexibility index (Phi) is 12.7. The molecule has 30 heavy (non-hydrogen) atoms. The average Bonchev–Trinajstić information content (AvgIpc) is 2.67. The summed E-state index contributed by atoms with van der Waals surface area (Å²) in [7, 11) is 0. The van der Waals surface area contributed by atoms with Crippen LogP contribution < -0.4 is 0 Å². The van der Waals surface area contributed by atoms with Crippen LogP contribution in [0.15, 0.2) is 71.9 Å². The number of carbonyl (C=O) groups excluding carboxylic acids is 1. The molecule has 0 aromatic rings. The van der Waals surface area contributed by atoms with Crippen molar-refractivity contribution in [1.82, 2.24) is 0 Å². The van der Waals surface area contributed by atoms with Crippen molar-refractivity contribution in [3.63, 3.8) is 0 Å². The Morgan fingerprint density at radius 1 is 1.17 bits per heavy atom. The molecule has 0 aliphatic carbocycles. The first kappa shape index (κ1) is 25.9. The summed E-state index contributed by atoms with van der Waals surface area (Å²) in [4.78, 5) is 12.3. The minimum absolute atomic E-state index is 0.111. The van der Waals surface area contributed by atoms with Crippen LogP contribution >= 0.6 is 0 Å². The molecule has 0 aromatic carbocycles. The van der Waals surface area contributed by atoms with Gasteiger partial charge in [0.2, 0.25) is 0 Å². The summed E-state index contributed by atoms with van der Waals surface area (Å²) < 4.78 is 5.61. The molecule has 0 fully saturated rings. The third kappa shape index (κ3) is 11.7. The lowest BCUT2D eigenvalue weighted by atomic mass is 9.99. The summed E-state index contributed by atoms with van der Waals surface area (Å²) in [6.07, 6.45) is 20.1. The Hall–Kier alpha value is -2.17. The summed E-state index contributed by atoms with van der Waals surface area (Å²) in [6, 6.07) is 0. The van der Waals surface area contributed by atoms with Crippen LogP contribution in [-0.2, 0) is 9.53 Å². The molecule has 0 saturated heterocycles. The first-order valence-electron chi connectivity index (χ1n) is 10.8. The van der Waals surface area contributed by atoms with Gasteiger partial charge in [-0.15, -0.1) is 0 Å². The molecule has 4 heteroatoms. The molecule has 0 unspecified atom stereocenters. The molecule has 166 valence electrons. The van der Waals surface area contributed by atoms with Gasteiger partial charge in [0.15, 0.2) is 0 Å². The van der Waals surface area contributed by atoms with Crippen molar-refractivity contribution in [2.24, 2.45) is 5.92 Å². The lowest BCUT2D eigenvalue weighted by Crippen LogP contribution is -2.20. The van der Waals surface area contributed by atoms with Gasteiger partial charge in [-0.1, -0.05) is 67.2 Å². The van der Waals surface area contributed by atoms with Crippen LogP contribution in [0.2, 0.25) is 0 Å². The van der Waals surface area contributed by atoms with E-state index in [0.717, 1.165) is 24.0 Å². The van der Waals surface area contributed by atoms with Crippen molar-refractivity contribution in [3.8, 4) is 0 Å². The summed E-state index contributed by atoms with van der Waals surface area (Å²) in [5.74, 6) is -0.119. The van der Waals surface area contributed by atoms with Crippen LogP contribution in [0.5, 0.6) is 0 Å². The lowest BCUT2D eigenvalue weighted by molar-refractivity contribution is -0.148. The number of aliphatic hydroxyl groups is 2. The molecule has 1 rings (SSSR count). The third-order valence-electron chi connectivity index (χ3n) is 4.85. The molecule has 0 aromatic heterocycles. The fourth-order valence-electron chi connectivity index (χ4n) is 3.14. The van der Waals surface area contributed by atoms with Crippen LogP contribution in [0.4, 0.5) is 0 Å². The van der Waals surface area contributed by atoms with Gasteiger partial charge >= 0.3 is 5.97 Å². The van der Waals surface area contributed by atoms with Gasteiger partial charge in [0.05, 0.1) is 18.6 Å². The molecule has 1 aliphatic rings. The van der Waals surface area contributed by atoms with Crippen molar-refractivity contribution in [2.75, 3.05) is 0 Å². The Morgan fingerprint density at radius 2 is 1.87 bits per heavy atom. The largest absolute Gasteiger partial charge is 0.458 e. The second-order valence-electron chi connectivity index (χ2n) is 7.98. The molecule has 4 nitrogen and oxygen atoms in total. The maximum atomic E-state index is 12.3. The monoisotopic (exact) mass is 414 g/mol. The standard InChI is InChI=1S/C26H38O4/c1-5-6-12-21(3)18-24-15-10-8-7-9-13-20(2)17-22(4)25(28)16-11-14-23(27)19-26(29)30-24/h5-11,14,17-18,20,23-25,27-28H,12-13,15-16,19H2,1-4H3/b6-5+,9-7+,10-8+,14-11+,21-18-,22-17+/t20-,23+,24+,25-/m0/s1. The first-order chi connectivity index (χ1) is 14.3. The van der Waals surface area contributed by atoms with Gasteiger partial charge in [-0.3, -0.25) is 4.79 Å². The zero-order valence-corrected chi connectivity index (χ0v) is 18.8. The first-order valence-corrected chi connectivity index (χ1v) is 10.8. The third-order valence-corrected chi connectivity index (χ3v) is 4.85. The fraction of sp³-hybridized carbons (Fsp3) is 0.500. The van der Waals surface area contributed by atoms with E-state index in [4.69, 9.17) is 4.74 Å². The Morgan fingerprint density at radius 3 is 2.57 bits per heavy atom. The predicted octanol–water partition coefficient (Wildman–Crippen LogP) is 5.36. The Bertz CT molecular complexity index is 694. The summed E-state index contributed by atoms with van der Waals surface area (Å²) in [6.45, 7) is 8.03. The van der Waals surface area contributed by atoms with Crippen LogP contribution in [0.3, 0.4) is 0 Å². The highest BCUT2D eigenvalue weighted by Crippen LogP contribution is 2.15. The highest BCUT2D eigenvalue weighted by Gasteiger charge is 2.15. The van der Waals surface area contributed by atoms with Gasteiger partial charge in [0, 0.05) is 6.42 Å². The van der Waals surface area contributed by atoms with Gasteiger partial charge in [0.1, 0.15) is 6.10 Å². The molecule has 0 spiro atoms. The van der Waals surface area contributed by atoms with Gasteiger partial charge in [-0.25, -0.2) is 0 Å². The van der Waals surface area contributed by atoms with E-state index in [-0.39, 0.29) is 12.5 Å². The number of rotatable bonds is 3. The summed E-state index contributed by atoms with van der Waals surface area (Å²) >= 11 is 0. The maximum absolute atomic E-state index is 12.3.